The summed E-state index contributed by atoms with van der Waals surface area (Å²) in [4.78, 5) is 5.42. The van der Waals surface area contributed by atoms with E-state index in [-0.39, 0.29) is 5.54 Å². The Hall–Kier alpha value is -0.160. The van der Waals surface area contributed by atoms with Crippen LogP contribution in [0.2, 0.25) is 0 Å². The van der Waals surface area contributed by atoms with E-state index in [9.17, 15) is 0 Å². The number of likely N-dealkylation sites (tertiary alicyclic amines) is 2. The largest absolute Gasteiger partial charge is 0.372 e. The summed E-state index contributed by atoms with van der Waals surface area (Å²) in [5, 5.41) is 0. The molecule has 4 atom stereocenters. The van der Waals surface area contributed by atoms with Gasteiger partial charge in [-0.15, -0.1) is 0 Å². The van der Waals surface area contributed by atoms with Crippen molar-refractivity contribution in [2.45, 2.75) is 68.9 Å². The van der Waals surface area contributed by atoms with Crippen molar-refractivity contribution in [3.63, 3.8) is 0 Å². The molecule has 2 N–H and O–H groups in total. The molecule has 0 radical (unpaired) electrons. The Morgan fingerprint density at radius 1 is 1.16 bits per heavy atom. The van der Waals surface area contributed by atoms with E-state index in [1.165, 1.54) is 38.6 Å². The van der Waals surface area contributed by atoms with Crippen molar-refractivity contribution in [3.05, 3.63) is 0 Å². The molecule has 0 aromatic heterocycles. The highest BCUT2D eigenvalue weighted by atomic mass is 16.5. The zero-order valence-electron chi connectivity index (χ0n) is 12.1. The van der Waals surface area contributed by atoms with E-state index in [0.29, 0.717) is 18.2 Å². The molecule has 3 heterocycles. The van der Waals surface area contributed by atoms with Crippen LogP contribution >= 0.6 is 0 Å². The molecule has 3 aliphatic heterocycles. The first-order chi connectivity index (χ1) is 9.20. The van der Waals surface area contributed by atoms with Crippen molar-refractivity contribution in [2.75, 3.05) is 26.2 Å². The summed E-state index contributed by atoms with van der Waals surface area (Å²) in [6, 6.07) is 1.57. The molecule has 19 heavy (non-hydrogen) atoms. The minimum absolute atomic E-state index is 0.229. The molecule has 2 bridgehead atoms. The zero-order valence-corrected chi connectivity index (χ0v) is 12.1. The number of hydrogen-bond donors (Lipinski definition) is 1. The predicted octanol–water partition coefficient (Wildman–Crippen LogP) is 0.804. The molecular weight excluding hydrogens is 238 g/mol. The lowest BCUT2D eigenvalue weighted by Crippen LogP contribution is -2.60. The topological polar surface area (TPSA) is 41.7 Å². The van der Waals surface area contributed by atoms with Gasteiger partial charge in [0.1, 0.15) is 0 Å². The van der Waals surface area contributed by atoms with Crippen molar-refractivity contribution in [2.24, 2.45) is 5.73 Å². The summed E-state index contributed by atoms with van der Waals surface area (Å²) in [6.07, 6.45) is 7.52. The number of nitrogens with two attached hydrogens (primary N) is 1. The highest BCUT2D eigenvalue weighted by Gasteiger charge is 2.51. The van der Waals surface area contributed by atoms with Crippen LogP contribution in [0.1, 0.15) is 39.0 Å². The Morgan fingerprint density at radius 3 is 2.42 bits per heavy atom. The van der Waals surface area contributed by atoms with Crippen LogP contribution in [0.4, 0.5) is 0 Å². The third kappa shape index (κ3) is 2.04. The van der Waals surface area contributed by atoms with E-state index in [0.717, 1.165) is 25.7 Å². The summed E-state index contributed by atoms with van der Waals surface area (Å²) in [7, 11) is 0. The Balaban J connectivity index is 1.53. The second-order valence-corrected chi connectivity index (χ2v) is 7.25. The number of hydrogen-bond acceptors (Lipinski definition) is 4. The lowest BCUT2D eigenvalue weighted by Gasteiger charge is -2.45. The highest BCUT2D eigenvalue weighted by molar-refractivity contribution is 5.08. The van der Waals surface area contributed by atoms with Gasteiger partial charge in [0.2, 0.25) is 0 Å². The third-order valence-corrected chi connectivity index (χ3v) is 5.83. The monoisotopic (exact) mass is 265 g/mol. The number of morpholine rings is 1. The van der Waals surface area contributed by atoms with Gasteiger partial charge in [-0.25, -0.2) is 0 Å². The highest BCUT2D eigenvalue weighted by Crippen LogP contribution is 2.41. The molecule has 4 nitrogen and oxygen atoms in total. The molecule has 0 aromatic carbocycles. The maximum absolute atomic E-state index is 6.25. The van der Waals surface area contributed by atoms with Crippen molar-refractivity contribution in [1.82, 2.24) is 9.80 Å². The summed E-state index contributed by atoms with van der Waals surface area (Å²) in [5.41, 5.74) is 6.48. The van der Waals surface area contributed by atoms with Crippen LogP contribution in [0.15, 0.2) is 0 Å². The van der Waals surface area contributed by atoms with Gasteiger partial charge in [0.25, 0.3) is 0 Å². The van der Waals surface area contributed by atoms with Gasteiger partial charge in [-0.1, -0.05) is 0 Å². The van der Waals surface area contributed by atoms with Gasteiger partial charge < -0.3 is 10.5 Å². The number of fused-ring (bicyclic) bond motifs is 2. The van der Waals surface area contributed by atoms with Crippen molar-refractivity contribution >= 4 is 0 Å². The Labute approximate surface area is 116 Å². The van der Waals surface area contributed by atoms with E-state index < -0.39 is 0 Å². The van der Waals surface area contributed by atoms with Crippen molar-refractivity contribution in [3.8, 4) is 0 Å². The molecule has 4 rings (SSSR count). The first kappa shape index (κ1) is 12.6. The second-order valence-electron chi connectivity index (χ2n) is 7.25. The minimum Gasteiger partial charge on any atom is -0.372 e. The molecule has 0 spiro atoms. The smallest absolute Gasteiger partial charge is 0.0707 e. The van der Waals surface area contributed by atoms with Crippen LogP contribution < -0.4 is 5.73 Å². The molecule has 1 saturated carbocycles. The van der Waals surface area contributed by atoms with Gasteiger partial charge in [-0.2, -0.15) is 0 Å². The SMILES string of the molecule is CC1CC(CN)(N2CC3CCC(C2)O3)CN1C1CC1. The molecule has 4 aliphatic rings. The van der Waals surface area contributed by atoms with Gasteiger partial charge in [0, 0.05) is 43.8 Å². The average Bonchev–Trinajstić information content (AvgIpc) is 3.13. The van der Waals surface area contributed by atoms with Crippen LogP contribution in [0.3, 0.4) is 0 Å². The average molecular weight is 265 g/mol. The van der Waals surface area contributed by atoms with Gasteiger partial charge in [0.05, 0.1) is 12.2 Å². The molecule has 4 fully saturated rings. The summed E-state index contributed by atoms with van der Waals surface area (Å²) < 4.78 is 5.99. The minimum atomic E-state index is 0.229. The van der Waals surface area contributed by atoms with E-state index in [1.807, 2.05) is 0 Å². The standard InChI is InChI=1S/C15H27N3O/c1-11-6-15(9-16,10-18(11)12-2-3-12)17-7-13-4-5-14(8-17)19-13/h11-14H,2-10,16H2,1H3. The molecule has 4 unspecified atom stereocenters. The first-order valence-corrected chi connectivity index (χ1v) is 8.06. The van der Waals surface area contributed by atoms with Gasteiger partial charge >= 0.3 is 0 Å². The molecule has 4 heteroatoms. The van der Waals surface area contributed by atoms with E-state index in [2.05, 4.69) is 16.7 Å². The molecular formula is C15H27N3O. The molecule has 3 saturated heterocycles. The van der Waals surface area contributed by atoms with E-state index >= 15 is 0 Å². The Kier molecular flexibility index (Phi) is 2.92. The van der Waals surface area contributed by atoms with E-state index in [1.54, 1.807) is 0 Å². The summed E-state index contributed by atoms with van der Waals surface area (Å²) in [5.74, 6) is 0. The van der Waals surface area contributed by atoms with Crippen LogP contribution in [-0.4, -0.2) is 65.8 Å². The maximum Gasteiger partial charge on any atom is 0.0707 e. The molecule has 0 aromatic rings. The van der Waals surface area contributed by atoms with Crippen LogP contribution in [0.25, 0.3) is 0 Å². The number of ether oxygens (including phenoxy) is 1. The van der Waals surface area contributed by atoms with E-state index in [4.69, 9.17) is 10.5 Å². The zero-order chi connectivity index (χ0) is 13.0. The van der Waals surface area contributed by atoms with Gasteiger partial charge in [0.15, 0.2) is 0 Å². The van der Waals surface area contributed by atoms with Crippen molar-refractivity contribution < 1.29 is 4.74 Å². The number of rotatable bonds is 3. The fourth-order valence-corrected chi connectivity index (χ4v) is 4.63. The fraction of sp³-hybridized carbons (Fsp3) is 1.00. The lowest BCUT2D eigenvalue weighted by molar-refractivity contribution is -0.0744. The summed E-state index contributed by atoms with van der Waals surface area (Å²) in [6.45, 7) is 6.61. The van der Waals surface area contributed by atoms with Crippen LogP contribution in [-0.2, 0) is 4.74 Å². The second kappa shape index (κ2) is 4.42. The lowest BCUT2D eigenvalue weighted by atomic mass is 9.93. The molecule has 1 aliphatic carbocycles. The molecule has 108 valence electrons. The van der Waals surface area contributed by atoms with Gasteiger partial charge in [-0.3, -0.25) is 9.80 Å². The van der Waals surface area contributed by atoms with Crippen LogP contribution in [0.5, 0.6) is 0 Å². The van der Waals surface area contributed by atoms with Crippen molar-refractivity contribution in [1.29, 1.82) is 0 Å². The van der Waals surface area contributed by atoms with Gasteiger partial charge in [-0.05, 0) is 39.0 Å². The Bertz CT molecular complexity index is 347. The normalized spacial score (nSPS) is 48.0. The molecule has 0 amide bonds. The summed E-state index contributed by atoms with van der Waals surface area (Å²) >= 11 is 0. The predicted molar refractivity (Wildman–Crippen MR) is 75.1 cm³/mol. The first-order valence-electron chi connectivity index (χ1n) is 8.06. The fourth-order valence-electron chi connectivity index (χ4n) is 4.63. The third-order valence-electron chi connectivity index (χ3n) is 5.83. The quantitative estimate of drug-likeness (QED) is 0.820. The van der Waals surface area contributed by atoms with Crippen LogP contribution in [0, 0.1) is 0 Å². The Morgan fingerprint density at radius 2 is 1.84 bits per heavy atom. The number of nitrogens with zero attached hydrogens (tertiary/aromatic N) is 2. The maximum atomic E-state index is 6.25.